The molecule has 2 aromatic rings. The fourth-order valence-electron chi connectivity index (χ4n) is 3.15. The summed E-state index contributed by atoms with van der Waals surface area (Å²) in [6.07, 6.45) is 9.96. The molecule has 2 rings (SSSR count). The average Bonchev–Trinajstić information content (AvgIpc) is 2.76. The van der Waals surface area contributed by atoms with E-state index in [1.54, 1.807) is 6.21 Å². The number of rotatable bonds is 14. The number of ether oxygens (including phenoxy) is 3. The van der Waals surface area contributed by atoms with E-state index in [0.717, 1.165) is 72.8 Å². The Bertz CT molecular complexity index is 805. The molecule has 0 saturated carbocycles. The first kappa shape index (κ1) is 24.3. The van der Waals surface area contributed by atoms with E-state index in [2.05, 4.69) is 23.8 Å². The monoisotopic (exact) mass is 425 g/mol. The first-order chi connectivity index (χ1) is 15.1. The molecule has 0 aliphatic heterocycles. The minimum atomic E-state index is 0.591. The van der Waals surface area contributed by atoms with Gasteiger partial charge in [0.25, 0.3) is 0 Å². The van der Waals surface area contributed by atoms with Crippen molar-refractivity contribution in [1.82, 2.24) is 0 Å². The van der Waals surface area contributed by atoms with Gasteiger partial charge in [0.15, 0.2) is 0 Å². The highest BCUT2D eigenvalue weighted by atomic mass is 16.6. The maximum absolute atomic E-state index is 6.04. The normalized spacial score (nSPS) is 11.2. The van der Waals surface area contributed by atoms with E-state index in [1.165, 1.54) is 7.11 Å². The van der Waals surface area contributed by atoms with Gasteiger partial charge in [-0.05, 0) is 99.5 Å². The highest BCUT2D eigenvalue weighted by molar-refractivity contribution is 5.79. The molecule has 0 heterocycles. The van der Waals surface area contributed by atoms with Crippen LogP contribution in [-0.2, 0) is 4.84 Å². The maximum atomic E-state index is 6.04. The number of benzene rings is 2. The first-order valence-electron chi connectivity index (χ1n) is 10.9. The van der Waals surface area contributed by atoms with Crippen molar-refractivity contribution in [3.8, 4) is 17.2 Å². The van der Waals surface area contributed by atoms with Crippen molar-refractivity contribution >= 4 is 6.21 Å². The van der Waals surface area contributed by atoms with Crippen LogP contribution in [0, 0.1) is 13.8 Å². The van der Waals surface area contributed by atoms with Gasteiger partial charge >= 0.3 is 0 Å². The molecule has 0 unspecified atom stereocenters. The largest absolute Gasteiger partial charge is 0.494 e. The van der Waals surface area contributed by atoms with Crippen molar-refractivity contribution in [3.05, 3.63) is 65.2 Å². The molecule has 5 heteroatoms. The molecule has 0 amide bonds. The van der Waals surface area contributed by atoms with Crippen LogP contribution >= 0.6 is 0 Å². The fourth-order valence-corrected chi connectivity index (χ4v) is 3.15. The Kier molecular flexibility index (Phi) is 11.1. The van der Waals surface area contributed by atoms with E-state index in [4.69, 9.17) is 14.2 Å². The third-order valence-electron chi connectivity index (χ3n) is 4.76. The van der Waals surface area contributed by atoms with Gasteiger partial charge in [-0.3, -0.25) is 0 Å². The highest BCUT2D eigenvalue weighted by Crippen LogP contribution is 2.28. The number of aryl methyl sites for hydroxylation is 2. The zero-order valence-corrected chi connectivity index (χ0v) is 19.2. The van der Waals surface area contributed by atoms with E-state index in [1.807, 2.05) is 55.5 Å². The zero-order chi connectivity index (χ0) is 22.3. The molecule has 2 aromatic carbocycles. The smallest absolute Gasteiger partial charge is 0.125 e. The number of allylic oxidation sites excluding steroid dienone is 1. The van der Waals surface area contributed by atoms with Crippen LogP contribution < -0.4 is 14.2 Å². The Morgan fingerprint density at radius 2 is 1.45 bits per heavy atom. The third kappa shape index (κ3) is 9.16. The van der Waals surface area contributed by atoms with Gasteiger partial charge in [-0.1, -0.05) is 17.3 Å². The predicted octanol–water partition coefficient (Wildman–Crippen LogP) is 6.26. The Morgan fingerprint density at radius 3 is 2.06 bits per heavy atom. The average molecular weight is 426 g/mol. The molecule has 168 valence electrons. The van der Waals surface area contributed by atoms with Crippen molar-refractivity contribution in [2.75, 3.05) is 26.9 Å². The predicted molar refractivity (Wildman–Crippen MR) is 127 cm³/mol. The topological polar surface area (TPSA) is 49.3 Å². The van der Waals surface area contributed by atoms with E-state index < -0.39 is 0 Å². The Morgan fingerprint density at radius 1 is 0.806 bits per heavy atom. The molecule has 31 heavy (non-hydrogen) atoms. The van der Waals surface area contributed by atoms with Crippen LogP contribution in [0.2, 0.25) is 0 Å². The van der Waals surface area contributed by atoms with Gasteiger partial charge < -0.3 is 19.0 Å². The lowest BCUT2D eigenvalue weighted by Crippen LogP contribution is -2.03. The first-order valence-corrected chi connectivity index (χ1v) is 10.9. The van der Waals surface area contributed by atoms with Crippen molar-refractivity contribution in [2.24, 2.45) is 5.16 Å². The second-order valence-corrected chi connectivity index (χ2v) is 7.36. The third-order valence-corrected chi connectivity index (χ3v) is 4.76. The molecule has 5 nitrogen and oxygen atoms in total. The quantitative estimate of drug-likeness (QED) is 0.155. The van der Waals surface area contributed by atoms with E-state index >= 15 is 0 Å². The summed E-state index contributed by atoms with van der Waals surface area (Å²) < 4.78 is 17.6. The molecule has 0 aliphatic rings. The van der Waals surface area contributed by atoms with Crippen molar-refractivity contribution < 1.29 is 19.0 Å². The summed E-state index contributed by atoms with van der Waals surface area (Å²) in [6, 6.07) is 11.9. The SMILES string of the molecule is C/C=C/COc1cc(C)c(OCCCCCCOc2ccc(/C=N/OC)cc2)c(C)c1. The van der Waals surface area contributed by atoms with Gasteiger partial charge in [0.2, 0.25) is 0 Å². The van der Waals surface area contributed by atoms with Crippen LogP contribution in [-0.4, -0.2) is 33.1 Å². The van der Waals surface area contributed by atoms with Crippen LogP contribution in [0.4, 0.5) is 0 Å². The highest BCUT2D eigenvalue weighted by Gasteiger charge is 2.07. The molecule has 0 fully saturated rings. The minimum Gasteiger partial charge on any atom is -0.494 e. The zero-order valence-electron chi connectivity index (χ0n) is 19.2. The summed E-state index contributed by atoms with van der Waals surface area (Å²) in [5.41, 5.74) is 3.21. The summed E-state index contributed by atoms with van der Waals surface area (Å²) in [6.45, 7) is 8.17. The van der Waals surface area contributed by atoms with Crippen LogP contribution in [0.15, 0.2) is 53.7 Å². The molecule has 0 radical (unpaired) electrons. The molecule has 0 saturated heterocycles. The van der Waals surface area contributed by atoms with Gasteiger partial charge in [-0.2, -0.15) is 0 Å². The van der Waals surface area contributed by atoms with Gasteiger partial charge in [0.05, 0.1) is 19.4 Å². The van der Waals surface area contributed by atoms with Crippen LogP contribution in [0.25, 0.3) is 0 Å². The summed E-state index contributed by atoms with van der Waals surface area (Å²) in [7, 11) is 1.53. The molecule has 0 N–H and O–H groups in total. The van der Waals surface area contributed by atoms with Crippen molar-refractivity contribution in [1.29, 1.82) is 0 Å². The van der Waals surface area contributed by atoms with Crippen LogP contribution in [0.5, 0.6) is 17.2 Å². The van der Waals surface area contributed by atoms with Gasteiger partial charge in [-0.25, -0.2) is 0 Å². The van der Waals surface area contributed by atoms with Gasteiger partial charge in [0, 0.05) is 0 Å². The lowest BCUT2D eigenvalue weighted by molar-refractivity contribution is 0.215. The van der Waals surface area contributed by atoms with Gasteiger partial charge in [-0.15, -0.1) is 0 Å². The number of unbranched alkanes of at least 4 members (excludes halogenated alkanes) is 3. The van der Waals surface area contributed by atoms with Crippen molar-refractivity contribution in [3.63, 3.8) is 0 Å². The molecule has 0 spiro atoms. The Hall–Kier alpha value is -2.95. The van der Waals surface area contributed by atoms with Gasteiger partial charge in [0.1, 0.15) is 31.0 Å². The summed E-state index contributed by atoms with van der Waals surface area (Å²) in [5, 5.41) is 3.75. The molecule has 0 aromatic heterocycles. The van der Waals surface area contributed by atoms with Crippen LogP contribution in [0.1, 0.15) is 49.3 Å². The second kappa shape index (κ2) is 14.1. The molecule has 0 bridgehead atoms. The number of hydrogen-bond acceptors (Lipinski definition) is 5. The summed E-state index contributed by atoms with van der Waals surface area (Å²) in [4.78, 5) is 4.68. The second-order valence-electron chi connectivity index (χ2n) is 7.36. The summed E-state index contributed by atoms with van der Waals surface area (Å²) >= 11 is 0. The Balaban J connectivity index is 1.60. The number of oxime groups is 1. The number of nitrogens with zero attached hydrogens (tertiary/aromatic N) is 1. The lowest BCUT2D eigenvalue weighted by Gasteiger charge is -2.14. The molecule has 0 aliphatic carbocycles. The summed E-state index contributed by atoms with van der Waals surface area (Å²) in [5.74, 6) is 2.74. The van der Waals surface area contributed by atoms with E-state index in [0.29, 0.717) is 6.61 Å². The van der Waals surface area contributed by atoms with Crippen LogP contribution in [0.3, 0.4) is 0 Å². The van der Waals surface area contributed by atoms with E-state index in [9.17, 15) is 0 Å². The molecule has 0 atom stereocenters. The molecular weight excluding hydrogens is 390 g/mol. The fraction of sp³-hybridized carbons (Fsp3) is 0.423. The number of hydrogen-bond donors (Lipinski definition) is 0. The van der Waals surface area contributed by atoms with Crippen molar-refractivity contribution in [2.45, 2.75) is 46.5 Å². The Labute approximate surface area is 186 Å². The van der Waals surface area contributed by atoms with E-state index in [-0.39, 0.29) is 0 Å². The lowest BCUT2D eigenvalue weighted by atomic mass is 10.1. The maximum Gasteiger partial charge on any atom is 0.125 e. The molecular formula is C26H35NO4. The minimum absolute atomic E-state index is 0.591. The standard InChI is InChI=1S/C26H35NO4/c1-5-6-15-30-25-18-21(2)26(22(3)19-25)31-17-10-8-7-9-16-29-24-13-11-23(12-14-24)20-27-28-4/h5-6,11-14,18-20H,7-10,15-17H2,1-4H3/b6-5+,27-20+.